The molecule has 1 rings (SSSR count). The standard InChI is InChI=1S/C7H8O.C6H15NO2/c1-6-3-2-4-7(8)5-6;1-2-7(3-5-8)4-6-9/h2-5,8H,1H3;8-9H,2-6H2,1H3. The SMILES string of the molecule is CCN(CCO)CCO.Cc1cccc(O)c1. The number of phenolic OH excluding ortho intramolecular Hbond substituents is 1. The molecular formula is C13H23NO3. The van der Waals surface area contributed by atoms with Crippen molar-refractivity contribution in [1.29, 1.82) is 0 Å². The van der Waals surface area contributed by atoms with Gasteiger partial charge in [-0.05, 0) is 31.2 Å². The predicted octanol–water partition coefficient (Wildman–Crippen LogP) is 0.994. The third-order valence-corrected chi connectivity index (χ3v) is 2.28. The zero-order valence-corrected chi connectivity index (χ0v) is 10.6. The summed E-state index contributed by atoms with van der Waals surface area (Å²) in [5, 5.41) is 25.8. The summed E-state index contributed by atoms with van der Waals surface area (Å²) >= 11 is 0. The lowest BCUT2D eigenvalue weighted by Gasteiger charge is -2.16. The highest BCUT2D eigenvalue weighted by Crippen LogP contribution is 2.08. The molecule has 17 heavy (non-hydrogen) atoms. The summed E-state index contributed by atoms with van der Waals surface area (Å²) in [5.74, 6) is 0.338. The maximum Gasteiger partial charge on any atom is 0.115 e. The zero-order valence-electron chi connectivity index (χ0n) is 10.6. The summed E-state index contributed by atoms with van der Waals surface area (Å²) in [6.45, 7) is 6.52. The Balaban J connectivity index is 0.000000302. The van der Waals surface area contributed by atoms with Gasteiger partial charge in [-0.25, -0.2) is 0 Å². The van der Waals surface area contributed by atoms with Crippen LogP contribution < -0.4 is 0 Å². The fourth-order valence-corrected chi connectivity index (χ4v) is 1.34. The van der Waals surface area contributed by atoms with Crippen LogP contribution in [-0.2, 0) is 0 Å². The first kappa shape index (κ1) is 15.9. The van der Waals surface area contributed by atoms with E-state index < -0.39 is 0 Å². The van der Waals surface area contributed by atoms with Crippen molar-refractivity contribution in [2.45, 2.75) is 13.8 Å². The second kappa shape index (κ2) is 10.1. The quantitative estimate of drug-likeness (QED) is 0.719. The molecule has 0 aromatic heterocycles. The van der Waals surface area contributed by atoms with E-state index in [0.29, 0.717) is 18.8 Å². The average Bonchev–Trinajstić information content (AvgIpc) is 2.29. The van der Waals surface area contributed by atoms with Gasteiger partial charge < -0.3 is 15.3 Å². The van der Waals surface area contributed by atoms with Gasteiger partial charge in [0.25, 0.3) is 0 Å². The Morgan fingerprint density at radius 2 is 1.71 bits per heavy atom. The second-order valence-corrected chi connectivity index (χ2v) is 3.72. The van der Waals surface area contributed by atoms with Crippen molar-refractivity contribution in [2.24, 2.45) is 0 Å². The van der Waals surface area contributed by atoms with Crippen molar-refractivity contribution in [3.8, 4) is 5.75 Å². The largest absolute Gasteiger partial charge is 0.508 e. The number of likely N-dealkylation sites (N-methyl/N-ethyl adjacent to an activating group) is 1. The van der Waals surface area contributed by atoms with Crippen LogP contribution in [0.25, 0.3) is 0 Å². The van der Waals surface area contributed by atoms with Gasteiger partial charge in [-0.1, -0.05) is 19.1 Å². The van der Waals surface area contributed by atoms with Crippen molar-refractivity contribution < 1.29 is 15.3 Å². The molecule has 0 spiro atoms. The molecule has 0 aliphatic carbocycles. The number of aliphatic hydroxyl groups is 2. The second-order valence-electron chi connectivity index (χ2n) is 3.72. The summed E-state index contributed by atoms with van der Waals surface area (Å²) in [6, 6.07) is 7.15. The lowest BCUT2D eigenvalue weighted by molar-refractivity contribution is 0.166. The van der Waals surface area contributed by atoms with E-state index in [4.69, 9.17) is 15.3 Å². The molecule has 0 aliphatic rings. The lowest BCUT2D eigenvalue weighted by Crippen LogP contribution is -2.29. The number of aryl methyl sites for hydroxylation is 1. The van der Waals surface area contributed by atoms with Crippen LogP contribution in [-0.4, -0.2) is 53.1 Å². The first-order chi connectivity index (χ1) is 8.13. The van der Waals surface area contributed by atoms with Gasteiger partial charge in [0.2, 0.25) is 0 Å². The maximum absolute atomic E-state index is 8.81. The lowest BCUT2D eigenvalue weighted by atomic mass is 10.2. The summed E-state index contributed by atoms with van der Waals surface area (Å²) in [5.41, 5.74) is 1.09. The van der Waals surface area contributed by atoms with Gasteiger partial charge in [-0.3, -0.25) is 4.90 Å². The normalized spacial score (nSPS) is 9.94. The molecule has 4 heteroatoms. The molecule has 4 nitrogen and oxygen atoms in total. The van der Waals surface area contributed by atoms with Crippen LogP contribution in [0.3, 0.4) is 0 Å². The first-order valence-corrected chi connectivity index (χ1v) is 5.83. The van der Waals surface area contributed by atoms with E-state index in [1.54, 1.807) is 12.1 Å². The number of aromatic hydroxyl groups is 1. The van der Waals surface area contributed by atoms with Crippen molar-refractivity contribution in [2.75, 3.05) is 32.8 Å². The molecule has 1 aromatic carbocycles. The van der Waals surface area contributed by atoms with Crippen molar-refractivity contribution in [3.05, 3.63) is 29.8 Å². The highest BCUT2D eigenvalue weighted by atomic mass is 16.3. The molecule has 1 aromatic rings. The van der Waals surface area contributed by atoms with Gasteiger partial charge in [0.15, 0.2) is 0 Å². The molecule has 0 unspecified atom stereocenters. The third-order valence-electron chi connectivity index (χ3n) is 2.28. The molecule has 0 fully saturated rings. The first-order valence-electron chi connectivity index (χ1n) is 5.83. The molecule has 0 saturated carbocycles. The average molecular weight is 241 g/mol. The molecule has 0 atom stereocenters. The molecule has 0 amide bonds. The molecule has 3 N–H and O–H groups in total. The Labute approximate surface area is 103 Å². The number of benzene rings is 1. The van der Waals surface area contributed by atoms with Crippen LogP contribution in [0.4, 0.5) is 0 Å². The topological polar surface area (TPSA) is 63.9 Å². The highest BCUT2D eigenvalue weighted by molar-refractivity contribution is 5.25. The van der Waals surface area contributed by atoms with Gasteiger partial charge in [0.1, 0.15) is 5.75 Å². The fraction of sp³-hybridized carbons (Fsp3) is 0.538. The molecular weight excluding hydrogens is 218 g/mol. The smallest absolute Gasteiger partial charge is 0.115 e. The molecule has 0 aliphatic heterocycles. The molecule has 0 bridgehead atoms. The van der Waals surface area contributed by atoms with Gasteiger partial charge in [0, 0.05) is 13.1 Å². The predicted molar refractivity (Wildman–Crippen MR) is 69.1 cm³/mol. The Morgan fingerprint density at radius 1 is 1.12 bits per heavy atom. The number of phenols is 1. The molecule has 0 saturated heterocycles. The van der Waals surface area contributed by atoms with Crippen LogP contribution in [0.2, 0.25) is 0 Å². The Kier molecular flexibility index (Phi) is 9.43. The molecule has 0 radical (unpaired) electrons. The monoisotopic (exact) mass is 241 g/mol. The number of hydrogen-bond acceptors (Lipinski definition) is 4. The van der Waals surface area contributed by atoms with E-state index in [1.807, 2.05) is 30.9 Å². The Hall–Kier alpha value is -1.10. The van der Waals surface area contributed by atoms with Gasteiger partial charge >= 0.3 is 0 Å². The summed E-state index contributed by atoms with van der Waals surface area (Å²) in [7, 11) is 0. The summed E-state index contributed by atoms with van der Waals surface area (Å²) in [6.07, 6.45) is 0. The molecule has 98 valence electrons. The number of hydrogen-bond donors (Lipinski definition) is 3. The van der Waals surface area contributed by atoms with Crippen LogP contribution in [0.5, 0.6) is 5.75 Å². The van der Waals surface area contributed by atoms with E-state index in [9.17, 15) is 0 Å². The Bertz CT molecular complexity index is 268. The van der Waals surface area contributed by atoms with Crippen LogP contribution in [0.1, 0.15) is 12.5 Å². The van der Waals surface area contributed by atoms with Crippen molar-refractivity contribution in [1.82, 2.24) is 4.90 Å². The van der Waals surface area contributed by atoms with E-state index in [2.05, 4.69) is 0 Å². The van der Waals surface area contributed by atoms with Gasteiger partial charge in [-0.15, -0.1) is 0 Å². The van der Waals surface area contributed by atoms with Crippen LogP contribution in [0, 0.1) is 6.92 Å². The van der Waals surface area contributed by atoms with Crippen molar-refractivity contribution in [3.63, 3.8) is 0 Å². The third kappa shape index (κ3) is 8.68. The number of rotatable bonds is 5. The number of nitrogens with zero attached hydrogens (tertiary/aromatic N) is 1. The Morgan fingerprint density at radius 3 is 2.00 bits per heavy atom. The van der Waals surface area contributed by atoms with E-state index in [1.165, 1.54) is 0 Å². The van der Waals surface area contributed by atoms with Gasteiger partial charge in [0.05, 0.1) is 13.2 Å². The minimum absolute atomic E-state index is 0.174. The van der Waals surface area contributed by atoms with Gasteiger partial charge in [-0.2, -0.15) is 0 Å². The van der Waals surface area contributed by atoms with Crippen molar-refractivity contribution >= 4 is 0 Å². The van der Waals surface area contributed by atoms with E-state index >= 15 is 0 Å². The molecule has 0 heterocycles. The fourth-order valence-electron chi connectivity index (χ4n) is 1.34. The minimum Gasteiger partial charge on any atom is -0.508 e. The zero-order chi connectivity index (χ0) is 13.1. The highest BCUT2D eigenvalue weighted by Gasteiger charge is 1.97. The number of aliphatic hydroxyl groups excluding tert-OH is 2. The van der Waals surface area contributed by atoms with Crippen LogP contribution in [0.15, 0.2) is 24.3 Å². The summed E-state index contributed by atoms with van der Waals surface area (Å²) in [4.78, 5) is 1.99. The minimum atomic E-state index is 0.174. The van der Waals surface area contributed by atoms with E-state index in [0.717, 1.165) is 12.1 Å². The maximum atomic E-state index is 8.81. The van der Waals surface area contributed by atoms with E-state index in [-0.39, 0.29) is 13.2 Å². The summed E-state index contributed by atoms with van der Waals surface area (Å²) < 4.78 is 0. The van der Waals surface area contributed by atoms with Crippen LogP contribution >= 0.6 is 0 Å².